The van der Waals surface area contributed by atoms with Crippen LogP contribution in [0.25, 0.3) is 78.7 Å². The second-order valence-corrected chi connectivity index (χ2v) is 14.3. The zero-order valence-corrected chi connectivity index (χ0v) is 29.9. The molecule has 0 unspecified atom stereocenters. The van der Waals surface area contributed by atoms with E-state index in [4.69, 9.17) is 15.0 Å². The normalized spacial score (nSPS) is 12.9. The molecule has 0 radical (unpaired) electrons. The third-order valence-electron chi connectivity index (χ3n) is 11.4. The van der Waals surface area contributed by atoms with Gasteiger partial charge in [-0.2, -0.15) is 0 Å². The average molecular weight is 700 g/mol. The van der Waals surface area contributed by atoms with E-state index >= 15 is 0 Å². The second kappa shape index (κ2) is 12.4. The van der Waals surface area contributed by atoms with Crippen LogP contribution in [0, 0.1) is 0 Å². The summed E-state index contributed by atoms with van der Waals surface area (Å²) in [6.07, 6.45) is 0. The number of rotatable bonds is 5. The second-order valence-electron chi connectivity index (χ2n) is 14.3. The van der Waals surface area contributed by atoms with Gasteiger partial charge in [0.2, 0.25) is 0 Å². The molecule has 256 valence electrons. The minimum atomic E-state index is -0.393. The maximum Gasteiger partial charge on any atom is 0.164 e. The van der Waals surface area contributed by atoms with Crippen molar-refractivity contribution in [3.63, 3.8) is 0 Å². The SMILES string of the molecule is c1ccc(-c2nc(-c3ccccc3)nc(-c3cccc(-c4ccccc4-c4ccc5c(c4)C4(c6ccccc6-c6ccccc64)c4ccccc4-5)c3)n2)cc1. The van der Waals surface area contributed by atoms with Gasteiger partial charge in [0.25, 0.3) is 0 Å². The van der Waals surface area contributed by atoms with Crippen molar-refractivity contribution in [1.29, 1.82) is 0 Å². The van der Waals surface area contributed by atoms with E-state index in [9.17, 15) is 0 Å². The van der Waals surface area contributed by atoms with Crippen molar-refractivity contribution in [3.05, 3.63) is 222 Å². The van der Waals surface area contributed by atoms with E-state index in [2.05, 4.69) is 140 Å². The average Bonchev–Trinajstić information content (AvgIpc) is 3.74. The Morgan fingerprint density at radius 3 is 1.11 bits per heavy atom. The molecule has 2 aliphatic carbocycles. The molecule has 1 spiro atoms. The molecule has 0 aliphatic heterocycles. The standard InChI is InChI=1S/C52H33N3/c1-3-16-34(17-4-1)49-53-50(35-18-5-2-6-19-35)55-51(54-49)38-21-15-20-36(32-38)39-22-7-8-23-40(39)37-30-31-44-43-26-11-14-29-47(43)52(48(44)33-37)45-27-12-9-24-41(45)42-25-10-13-28-46(42)52/h1-33H. The molecule has 0 saturated heterocycles. The Morgan fingerprint density at radius 1 is 0.236 bits per heavy atom. The van der Waals surface area contributed by atoms with Crippen molar-refractivity contribution < 1.29 is 0 Å². The maximum absolute atomic E-state index is 5.03. The first kappa shape index (κ1) is 31.3. The third kappa shape index (κ3) is 4.80. The van der Waals surface area contributed by atoms with Gasteiger partial charge < -0.3 is 0 Å². The molecular formula is C52H33N3. The fourth-order valence-corrected chi connectivity index (χ4v) is 9.01. The summed E-state index contributed by atoms with van der Waals surface area (Å²) >= 11 is 0. The van der Waals surface area contributed by atoms with Crippen molar-refractivity contribution in [2.24, 2.45) is 0 Å². The van der Waals surface area contributed by atoms with E-state index in [1.807, 2.05) is 60.7 Å². The van der Waals surface area contributed by atoms with Crippen molar-refractivity contribution in [3.8, 4) is 78.7 Å². The largest absolute Gasteiger partial charge is 0.208 e. The Morgan fingerprint density at radius 2 is 0.600 bits per heavy atom. The quantitative estimate of drug-likeness (QED) is 0.179. The van der Waals surface area contributed by atoms with E-state index in [0.29, 0.717) is 17.5 Å². The van der Waals surface area contributed by atoms with Gasteiger partial charge >= 0.3 is 0 Å². The van der Waals surface area contributed by atoms with Crippen LogP contribution in [-0.2, 0) is 5.41 Å². The number of fused-ring (bicyclic) bond motifs is 10. The summed E-state index contributed by atoms with van der Waals surface area (Å²) in [5.74, 6) is 1.94. The van der Waals surface area contributed by atoms with Crippen molar-refractivity contribution in [2.45, 2.75) is 5.41 Å². The Bertz CT molecular complexity index is 2810. The van der Waals surface area contributed by atoms with Crippen LogP contribution >= 0.6 is 0 Å². The van der Waals surface area contributed by atoms with E-state index in [0.717, 1.165) is 27.8 Å². The van der Waals surface area contributed by atoms with Crippen LogP contribution in [0.5, 0.6) is 0 Å². The maximum atomic E-state index is 5.03. The summed E-state index contributed by atoms with van der Waals surface area (Å²) in [7, 11) is 0. The van der Waals surface area contributed by atoms with E-state index < -0.39 is 5.41 Å². The summed E-state index contributed by atoms with van der Waals surface area (Å²) in [6.45, 7) is 0. The highest BCUT2D eigenvalue weighted by Crippen LogP contribution is 2.63. The first-order valence-electron chi connectivity index (χ1n) is 18.8. The molecule has 8 aromatic carbocycles. The molecule has 55 heavy (non-hydrogen) atoms. The lowest BCUT2D eigenvalue weighted by atomic mass is 9.70. The Labute approximate surface area is 320 Å². The highest BCUT2D eigenvalue weighted by Gasteiger charge is 2.51. The molecule has 9 aromatic rings. The molecule has 0 atom stereocenters. The number of nitrogens with zero attached hydrogens (tertiary/aromatic N) is 3. The minimum Gasteiger partial charge on any atom is -0.208 e. The first-order valence-corrected chi connectivity index (χ1v) is 18.8. The van der Waals surface area contributed by atoms with Crippen molar-refractivity contribution >= 4 is 0 Å². The number of benzene rings is 8. The van der Waals surface area contributed by atoms with Gasteiger partial charge in [0.15, 0.2) is 17.5 Å². The van der Waals surface area contributed by atoms with Gasteiger partial charge in [0.05, 0.1) is 5.41 Å². The van der Waals surface area contributed by atoms with E-state index in [1.54, 1.807) is 0 Å². The van der Waals surface area contributed by atoms with Crippen LogP contribution in [0.1, 0.15) is 22.3 Å². The molecule has 0 fully saturated rings. The predicted molar refractivity (Wildman–Crippen MR) is 223 cm³/mol. The Kier molecular flexibility index (Phi) is 7.08. The fourth-order valence-electron chi connectivity index (χ4n) is 9.01. The molecule has 1 heterocycles. The summed E-state index contributed by atoms with van der Waals surface area (Å²) in [6, 6.07) is 71.7. The topological polar surface area (TPSA) is 38.7 Å². The van der Waals surface area contributed by atoms with Gasteiger partial charge in [0.1, 0.15) is 0 Å². The van der Waals surface area contributed by atoms with Crippen LogP contribution in [0.2, 0.25) is 0 Å². The zero-order chi connectivity index (χ0) is 36.3. The van der Waals surface area contributed by atoms with Gasteiger partial charge in [-0.05, 0) is 78.9 Å². The smallest absolute Gasteiger partial charge is 0.164 e. The molecule has 0 N–H and O–H groups in total. The van der Waals surface area contributed by atoms with Gasteiger partial charge in [-0.25, -0.2) is 15.0 Å². The molecule has 0 amide bonds. The van der Waals surface area contributed by atoms with Crippen LogP contribution in [0.4, 0.5) is 0 Å². The molecule has 1 aromatic heterocycles. The minimum absolute atomic E-state index is 0.393. The fraction of sp³-hybridized carbons (Fsp3) is 0.0192. The molecule has 3 nitrogen and oxygen atoms in total. The highest BCUT2D eigenvalue weighted by atomic mass is 15.0. The lowest BCUT2D eigenvalue weighted by Gasteiger charge is -2.30. The molecular weight excluding hydrogens is 667 g/mol. The Hall–Kier alpha value is -7.23. The van der Waals surface area contributed by atoms with Crippen LogP contribution in [0.3, 0.4) is 0 Å². The molecule has 11 rings (SSSR count). The number of hydrogen-bond donors (Lipinski definition) is 0. The summed E-state index contributed by atoms with van der Waals surface area (Å²) in [5, 5.41) is 0. The van der Waals surface area contributed by atoms with Crippen LogP contribution in [-0.4, -0.2) is 15.0 Å². The first-order chi connectivity index (χ1) is 27.3. The van der Waals surface area contributed by atoms with E-state index in [-0.39, 0.29) is 0 Å². The van der Waals surface area contributed by atoms with Gasteiger partial charge in [0, 0.05) is 16.7 Å². The molecule has 0 bridgehead atoms. The lowest BCUT2D eigenvalue weighted by Crippen LogP contribution is -2.25. The molecule has 0 saturated carbocycles. The zero-order valence-electron chi connectivity index (χ0n) is 29.9. The van der Waals surface area contributed by atoms with Gasteiger partial charge in [-0.15, -0.1) is 0 Å². The Balaban J connectivity index is 1.07. The van der Waals surface area contributed by atoms with Gasteiger partial charge in [-0.3, -0.25) is 0 Å². The van der Waals surface area contributed by atoms with Crippen molar-refractivity contribution in [2.75, 3.05) is 0 Å². The summed E-state index contributed by atoms with van der Waals surface area (Å²) in [4.78, 5) is 15.0. The molecule has 3 heteroatoms. The van der Waals surface area contributed by atoms with Gasteiger partial charge in [-0.1, -0.05) is 188 Å². The predicted octanol–water partition coefficient (Wildman–Crippen LogP) is 12.6. The van der Waals surface area contributed by atoms with Crippen LogP contribution < -0.4 is 0 Å². The van der Waals surface area contributed by atoms with Crippen molar-refractivity contribution in [1.82, 2.24) is 15.0 Å². The third-order valence-corrected chi connectivity index (χ3v) is 11.4. The highest BCUT2D eigenvalue weighted by molar-refractivity contribution is 5.96. The number of aromatic nitrogens is 3. The monoisotopic (exact) mass is 699 g/mol. The van der Waals surface area contributed by atoms with Crippen LogP contribution in [0.15, 0.2) is 200 Å². The molecule has 2 aliphatic rings. The summed E-state index contributed by atoms with van der Waals surface area (Å²) < 4.78 is 0. The number of hydrogen-bond acceptors (Lipinski definition) is 3. The summed E-state index contributed by atoms with van der Waals surface area (Å²) in [5.41, 5.74) is 17.7. The van der Waals surface area contributed by atoms with E-state index in [1.165, 1.54) is 55.6 Å². The lowest BCUT2D eigenvalue weighted by molar-refractivity contribution is 0.794.